The lowest BCUT2D eigenvalue weighted by atomic mass is 9.76. The van der Waals surface area contributed by atoms with Gasteiger partial charge in [0, 0.05) is 24.4 Å². The molecule has 1 saturated heterocycles. The molecule has 10 rings (SSSR count). The van der Waals surface area contributed by atoms with Crippen molar-refractivity contribution >= 4 is 20.9 Å². The monoisotopic (exact) mass is 1080 g/mol. The number of rotatable bonds is 27. The molecule has 14 heteroatoms. The van der Waals surface area contributed by atoms with Crippen molar-refractivity contribution in [3.05, 3.63) is 258 Å². The molecule has 2 N–H and O–H groups in total. The van der Waals surface area contributed by atoms with Gasteiger partial charge in [-0.3, -0.25) is 0 Å². The molecule has 0 spiro atoms. The third kappa shape index (κ3) is 12.8. The Balaban J connectivity index is 1.01. The minimum atomic E-state index is -3.92. The Labute approximate surface area is 463 Å². The summed E-state index contributed by atoms with van der Waals surface area (Å²) in [7, 11) is -2.25. The quantitative estimate of drug-likeness (QED) is 0.0388. The van der Waals surface area contributed by atoms with E-state index in [1.807, 2.05) is 122 Å². The number of hydrogen-bond acceptors (Lipinski definition) is 11. The van der Waals surface area contributed by atoms with Crippen molar-refractivity contribution in [2.24, 2.45) is 5.73 Å². The van der Waals surface area contributed by atoms with Gasteiger partial charge in [0.1, 0.15) is 35.7 Å². The van der Waals surface area contributed by atoms with Gasteiger partial charge in [-0.1, -0.05) is 170 Å². The molecule has 0 aliphatic carbocycles. The number of fused-ring (bicyclic) bond motifs is 1. The maximum atomic E-state index is 14.1. The first-order valence-corrected chi connectivity index (χ1v) is 28.5. The Bertz CT molecular complexity index is 3340. The summed E-state index contributed by atoms with van der Waals surface area (Å²) in [6, 6.07) is 65.0. The largest absolute Gasteiger partial charge is 0.497 e. The van der Waals surface area contributed by atoms with E-state index in [0.717, 1.165) is 63.8 Å². The van der Waals surface area contributed by atoms with Crippen molar-refractivity contribution in [3.63, 3.8) is 0 Å². The van der Waals surface area contributed by atoms with Crippen LogP contribution in [-0.4, -0.2) is 86.1 Å². The molecule has 408 valence electrons. The van der Waals surface area contributed by atoms with Crippen molar-refractivity contribution < 1.29 is 41.6 Å². The van der Waals surface area contributed by atoms with Gasteiger partial charge in [-0.05, 0) is 95.9 Å². The van der Waals surface area contributed by atoms with Crippen molar-refractivity contribution in [1.29, 1.82) is 0 Å². The van der Waals surface area contributed by atoms with Gasteiger partial charge in [-0.2, -0.15) is 0 Å². The maximum Gasteiger partial charge on any atom is 0.268 e. The fourth-order valence-corrected chi connectivity index (χ4v) is 11.9. The molecule has 1 aliphatic rings. The zero-order valence-corrected chi connectivity index (χ0v) is 45.3. The van der Waals surface area contributed by atoms with E-state index in [9.17, 15) is 8.42 Å². The summed E-state index contributed by atoms with van der Waals surface area (Å²) >= 11 is 0. The number of nitrogens with zero attached hydrogens (tertiary/aromatic N) is 3. The summed E-state index contributed by atoms with van der Waals surface area (Å²) in [5, 5.41) is 0.801. The third-order valence-corrected chi connectivity index (χ3v) is 16.2. The Hall–Kier alpha value is -7.24. The molecule has 0 radical (unpaired) electrons. The molecule has 0 amide bonds. The van der Waals surface area contributed by atoms with Gasteiger partial charge < -0.3 is 43.5 Å². The number of unbranched alkanes of at least 4 members (excludes halogenated alkanes) is 2. The predicted octanol–water partition coefficient (Wildman–Crippen LogP) is 11.1. The second-order valence-electron chi connectivity index (χ2n) is 19.6. The number of para-hydroxylation sites is 1. The lowest BCUT2D eigenvalue weighted by Crippen LogP contribution is -2.62. The third-order valence-electron chi connectivity index (χ3n) is 14.5. The highest BCUT2D eigenvalue weighted by Gasteiger charge is 2.49. The zero-order chi connectivity index (χ0) is 54.3. The number of methoxy groups -OCH3 is 1. The van der Waals surface area contributed by atoms with E-state index in [2.05, 4.69) is 65.2 Å². The molecule has 79 heavy (non-hydrogen) atoms. The molecule has 0 unspecified atom stereocenters. The molecule has 3 heterocycles. The summed E-state index contributed by atoms with van der Waals surface area (Å²) < 4.78 is 78.9. The van der Waals surface area contributed by atoms with E-state index in [0.29, 0.717) is 30.8 Å². The van der Waals surface area contributed by atoms with Gasteiger partial charge in [0.15, 0.2) is 6.29 Å². The lowest BCUT2D eigenvalue weighted by molar-refractivity contribution is -0.328. The normalized spacial score (nSPS) is 17.7. The fourth-order valence-electron chi connectivity index (χ4n) is 10.5. The van der Waals surface area contributed by atoms with Crippen molar-refractivity contribution in [3.8, 4) is 5.75 Å². The van der Waals surface area contributed by atoms with Crippen molar-refractivity contribution in [2.75, 3.05) is 33.5 Å². The van der Waals surface area contributed by atoms with E-state index < -0.39 is 46.3 Å². The van der Waals surface area contributed by atoms with Crippen LogP contribution < -0.4 is 10.5 Å². The highest BCUT2D eigenvalue weighted by molar-refractivity contribution is 7.90. The number of imidazole rings is 1. The van der Waals surface area contributed by atoms with Crippen LogP contribution in [0, 0.1) is 0 Å². The molecule has 13 nitrogen and oxygen atoms in total. The molecule has 0 bridgehead atoms. The van der Waals surface area contributed by atoms with Gasteiger partial charge >= 0.3 is 0 Å². The average molecular weight is 1080 g/mol. The molecule has 1 fully saturated rings. The van der Waals surface area contributed by atoms with Crippen LogP contribution in [0.4, 0.5) is 0 Å². The molecule has 9 aromatic rings. The first-order valence-electron chi connectivity index (χ1n) is 27.0. The fraction of sp³-hybridized carbons (Fsp3) is 0.277. The van der Waals surface area contributed by atoms with Crippen LogP contribution in [0.1, 0.15) is 58.3 Å². The molecule has 1 aliphatic heterocycles. The molecule has 5 atom stereocenters. The van der Waals surface area contributed by atoms with Crippen molar-refractivity contribution in [2.45, 2.75) is 86.6 Å². The SMILES string of the molecule is COc1ccc(C(c2ccccc2)(c2ccccc2)n2cnc(CO[C@H]3[C@@H](OCCc4cn(S(=O)(=O)c5ccccc5)c5ccccc45)O[C@@H](COCCCCCN)[C@H](OCc4ccccc4)[C@H]3OCc3ccccc3)c2)cc1. The number of hydrogen-bond donors (Lipinski definition) is 1. The molecule has 0 saturated carbocycles. The Morgan fingerprint density at radius 3 is 1.78 bits per heavy atom. The summed E-state index contributed by atoms with van der Waals surface area (Å²) in [5.41, 5.74) is 12.0. The summed E-state index contributed by atoms with van der Waals surface area (Å²) in [4.78, 5) is 5.25. The van der Waals surface area contributed by atoms with E-state index in [1.165, 1.54) is 3.97 Å². The van der Waals surface area contributed by atoms with Gasteiger partial charge in [0.2, 0.25) is 0 Å². The zero-order valence-electron chi connectivity index (χ0n) is 44.5. The molecular formula is C65H68N4O9S. The standard InChI is InChI=1S/C65H68N4O9S/c1-72-56-36-34-54(35-37-56)65(52-26-12-4-13-27-52,53-28-14-5-15-29-53)68-43-55(67-48-68)46-77-63-62(76-45-50-24-10-3-11-25-50)61(75-44-49-22-8-2-9-23-49)60(47-73-40-21-7-20-39-66)78-64(63)74-41-38-51-42-69(59-33-19-18-32-58(51)59)79(70,71)57-30-16-6-17-31-57/h2-6,8-19,22-37,42-43,48,60-64H,7,20-21,38-41,44-47,66H2,1H3/t60-,61-,62+,63+,64-/m0/s1. The number of aromatic nitrogens is 3. The van der Waals surface area contributed by atoms with Crippen LogP contribution in [0.3, 0.4) is 0 Å². The van der Waals surface area contributed by atoms with Gasteiger partial charge in [0.25, 0.3) is 10.0 Å². The van der Waals surface area contributed by atoms with Crippen LogP contribution >= 0.6 is 0 Å². The van der Waals surface area contributed by atoms with Crippen LogP contribution in [0.25, 0.3) is 10.9 Å². The van der Waals surface area contributed by atoms with Crippen LogP contribution in [0.15, 0.2) is 224 Å². The van der Waals surface area contributed by atoms with Crippen LogP contribution in [-0.2, 0) is 70.2 Å². The van der Waals surface area contributed by atoms with Gasteiger partial charge in [0.05, 0.1) is 62.6 Å². The summed E-state index contributed by atoms with van der Waals surface area (Å²) in [5.74, 6) is 0.749. The van der Waals surface area contributed by atoms with E-state index in [4.69, 9.17) is 43.9 Å². The summed E-state index contributed by atoms with van der Waals surface area (Å²) in [6.07, 6.45) is 4.68. The minimum absolute atomic E-state index is 0.0485. The van der Waals surface area contributed by atoms with E-state index in [1.54, 1.807) is 43.6 Å². The van der Waals surface area contributed by atoms with Crippen molar-refractivity contribution in [1.82, 2.24) is 13.5 Å². The Kier molecular flexibility index (Phi) is 18.6. The number of ether oxygens (including phenoxy) is 7. The Morgan fingerprint density at radius 1 is 0.582 bits per heavy atom. The Morgan fingerprint density at radius 2 is 1.15 bits per heavy atom. The van der Waals surface area contributed by atoms with Gasteiger partial charge in [-0.15, -0.1) is 0 Å². The van der Waals surface area contributed by atoms with E-state index in [-0.39, 0.29) is 37.9 Å². The molecule has 2 aromatic heterocycles. The second-order valence-corrected chi connectivity index (χ2v) is 21.4. The smallest absolute Gasteiger partial charge is 0.268 e. The first kappa shape index (κ1) is 55.1. The maximum absolute atomic E-state index is 14.1. The van der Waals surface area contributed by atoms with Crippen LogP contribution in [0.5, 0.6) is 5.75 Å². The highest BCUT2D eigenvalue weighted by Crippen LogP contribution is 2.42. The topological polar surface area (TPSA) is 148 Å². The minimum Gasteiger partial charge on any atom is -0.497 e. The number of benzene rings is 7. The second kappa shape index (κ2) is 26.6. The lowest BCUT2D eigenvalue weighted by Gasteiger charge is -2.45. The first-order chi connectivity index (χ1) is 38.9. The average Bonchev–Trinajstić information content (AvgIpc) is 4.38. The van der Waals surface area contributed by atoms with E-state index >= 15 is 0 Å². The van der Waals surface area contributed by atoms with Crippen LogP contribution in [0.2, 0.25) is 0 Å². The molecule has 7 aromatic carbocycles. The highest BCUT2D eigenvalue weighted by atomic mass is 32.2. The number of nitrogens with two attached hydrogens (primary N) is 1. The summed E-state index contributed by atoms with van der Waals surface area (Å²) in [6.45, 7) is 2.04. The predicted molar refractivity (Wildman–Crippen MR) is 305 cm³/mol. The van der Waals surface area contributed by atoms with Gasteiger partial charge in [-0.25, -0.2) is 17.4 Å². The molecular weight excluding hydrogens is 1010 g/mol.